The number of ether oxygens (including phenoxy) is 1. The molecule has 0 bridgehead atoms. The Labute approximate surface area is 132 Å². The minimum Gasteiger partial charge on any atom is -0.493 e. The Morgan fingerprint density at radius 1 is 1.36 bits per heavy atom. The van der Waals surface area contributed by atoms with Gasteiger partial charge in [-0.25, -0.2) is 4.79 Å². The number of hydrogen-bond donors (Lipinski definition) is 3. The van der Waals surface area contributed by atoms with Crippen LogP contribution in [0.25, 0.3) is 0 Å². The van der Waals surface area contributed by atoms with Crippen molar-refractivity contribution in [3.63, 3.8) is 0 Å². The normalized spacial score (nSPS) is 14.0. The van der Waals surface area contributed by atoms with Crippen molar-refractivity contribution in [3.8, 4) is 5.75 Å². The molecule has 0 aliphatic carbocycles. The van der Waals surface area contributed by atoms with E-state index in [2.05, 4.69) is 10.6 Å². The molecule has 2 heterocycles. The summed E-state index contributed by atoms with van der Waals surface area (Å²) in [5.74, 6) is 0.887. The van der Waals surface area contributed by atoms with Crippen LogP contribution in [0.4, 0.5) is 4.79 Å². The zero-order chi connectivity index (χ0) is 15.4. The number of thiophene rings is 1. The van der Waals surface area contributed by atoms with Crippen molar-refractivity contribution in [1.82, 2.24) is 10.6 Å². The fourth-order valence-corrected chi connectivity index (χ4v) is 3.01. The molecular formula is C16H18N2O3S. The largest absolute Gasteiger partial charge is 0.493 e. The van der Waals surface area contributed by atoms with Gasteiger partial charge >= 0.3 is 6.03 Å². The van der Waals surface area contributed by atoms with Gasteiger partial charge in [0.15, 0.2) is 0 Å². The number of carbonyl (C=O) groups excluding carboxylic acids is 1. The Bertz CT molecular complexity index is 643. The maximum atomic E-state index is 11.7. The molecule has 2 amide bonds. The maximum absolute atomic E-state index is 11.7. The summed E-state index contributed by atoms with van der Waals surface area (Å²) in [4.78, 5) is 12.8. The summed E-state index contributed by atoms with van der Waals surface area (Å²) in [7, 11) is 0. The fraction of sp³-hybridized carbons (Fsp3) is 0.312. The van der Waals surface area contributed by atoms with Crippen molar-refractivity contribution in [2.75, 3.05) is 13.2 Å². The first kappa shape index (κ1) is 14.9. The highest BCUT2D eigenvalue weighted by Gasteiger charge is 2.16. The molecule has 1 aliphatic rings. The van der Waals surface area contributed by atoms with Gasteiger partial charge in [0.25, 0.3) is 0 Å². The van der Waals surface area contributed by atoms with E-state index in [4.69, 9.17) is 4.74 Å². The van der Waals surface area contributed by atoms with Crippen LogP contribution < -0.4 is 15.4 Å². The third-order valence-corrected chi connectivity index (χ3v) is 4.43. The highest BCUT2D eigenvalue weighted by molar-refractivity contribution is 7.09. The van der Waals surface area contributed by atoms with Gasteiger partial charge in [0.1, 0.15) is 5.75 Å². The van der Waals surface area contributed by atoms with Crippen LogP contribution in [-0.2, 0) is 13.0 Å². The van der Waals surface area contributed by atoms with Crippen molar-refractivity contribution in [2.45, 2.75) is 19.1 Å². The lowest BCUT2D eigenvalue weighted by Gasteiger charge is -2.13. The van der Waals surface area contributed by atoms with Crippen LogP contribution in [0, 0.1) is 0 Å². The summed E-state index contributed by atoms with van der Waals surface area (Å²) in [6.07, 6.45) is 0.142. The van der Waals surface area contributed by atoms with Crippen molar-refractivity contribution < 1.29 is 14.6 Å². The molecule has 0 spiro atoms. The summed E-state index contributed by atoms with van der Waals surface area (Å²) in [6, 6.07) is 9.28. The number of carbonyl (C=O) groups is 1. The molecule has 3 N–H and O–H groups in total. The standard InChI is InChI=1S/C16H18N2O3S/c19-14(11-3-4-15-12(8-11)5-6-21-15)10-18-16(20)17-9-13-2-1-7-22-13/h1-4,7-8,14,19H,5-6,9-10H2,(H2,17,18,20)/t14-/m1/s1. The van der Waals surface area contributed by atoms with Gasteiger partial charge in [-0.05, 0) is 34.7 Å². The average Bonchev–Trinajstić information content (AvgIpc) is 3.20. The molecule has 2 aromatic rings. The van der Waals surface area contributed by atoms with Crippen LogP contribution in [0.1, 0.15) is 22.1 Å². The summed E-state index contributed by atoms with van der Waals surface area (Å²) >= 11 is 1.59. The molecule has 5 nitrogen and oxygen atoms in total. The number of fused-ring (bicyclic) bond motifs is 1. The quantitative estimate of drug-likeness (QED) is 0.791. The van der Waals surface area contributed by atoms with Gasteiger partial charge in [-0.1, -0.05) is 12.1 Å². The Morgan fingerprint density at radius 3 is 3.09 bits per heavy atom. The lowest BCUT2D eigenvalue weighted by Crippen LogP contribution is -2.37. The van der Waals surface area contributed by atoms with Gasteiger partial charge in [-0.2, -0.15) is 0 Å². The number of benzene rings is 1. The van der Waals surface area contributed by atoms with E-state index in [1.165, 1.54) is 0 Å². The third-order valence-electron chi connectivity index (χ3n) is 3.56. The van der Waals surface area contributed by atoms with Gasteiger partial charge in [0, 0.05) is 17.8 Å². The van der Waals surface area contributed by atoms with E-state index in [1.807, 2.05) is 35.7 Å². The summed E-state index contributed by atoms with van der Waals surface area (Å²) in [6.45, 7) is 1.37. The van der Waals surface area contributed by atoms with Crippen LogP contribution in [-0.4, -0.2) is 24.3 Å². The molecule has 6 heteroatoms. The Balaban J connectivity index is 1.47. The Morgan fingerprint density at radius 2 is 2.27 bits per heavy atom. The van der Waals surface area contributed by atoms with Crippen molar-refractivity contribution >= 4 is 17.4 Å². The van der Waals surface area contributed by atoms with Crippen LogP contribution in [0.5, 0.6) is 5.75 Å². The molecule has 0 radical (unpaired) electrons. The molecular weight excluding hydrogens is 300 g/mol. The zero-order valence-corrected chi connectivity index (χ0v) is 12.9. The van der Waals surface area contributed by atoms with Crippen molar-refractivity contribution in [2.24, 2.45) is 0 Å². The zero-order valence-electron chi connectivity index (χ0n) is 12.0. The number of aliphatic hydroxyl groups excluding tert-OH is 1. The SMILES string of the molecule is O=C(NCc1cccs1)NC[C@@H](O)c1ccc2c(c1)CCO2. The topological polar surface area (TPSA) is 70.6 Å². The van der Waals surface area contributed by atoms with E-state index in [1.54, 1.807) is 11.3 Å². The van der Waals surface area contributed by atoms with E-state index in [-0.39, 0.29) is 12.6 Å². The first-order valence-corrected chi connectivity index (χ1v) is 8.08. The minimum absolute atomic E-state index is 0.177. The summed E-state index contributed by atoms with van der Waals surface area (Å²) in [5.41, 5.74) is 1.90. The maximum Gasteiger partial charge on any atom is 0.315 e. The smallest absolute Gasteiger partial charge is 0.315 e. The van der Waals surface area contributed by atoms with Gasteiger partial charge in [0.05, 0.1) is 19.3 Å². The predicted octanol–water partition coefficient (Wildman–Crippen LogP) is 2.22. The molecule has 3 rings (SSSR count). The minimum atomic E-state index is -0.724. The summed E-state index contributed by atoms with van der Waals surface area (Å²) in [5, 5.41) is 17.6. The van der Waals surface area contributed by atoms with Crippen LogP contribution in [0.15, 0.2) is 35.7 Å². The molecule has 1 aliphatic heterocycles. The molecule has 0 fully saturated rings. The first-order valence-electron chi connectivity index (χ1n) is 7.20. The molecule has 1 aromatic carbocycles. The van der Waals surface area contributed by atoms with E-state index >= 15 is 0 Å². The lowest BCUT2D eigenvalue weighted by molar-refractivity contribution is 0.173. The Kier molecular flexibility index (Phi) is 4.60. The average molecular weight is 318 g/mol. The molecule has 0 saturated carbocycles. The molecule has 1 aromatic heterocycles. The number of rotatable bonds is 5. The predicted molar refractivity (Wildman–Crippen MR) is 85.2 cm³/mol. The number of nitrogens with one attached hydrogen (secondary N) is 2. The van der Waals surface area contributed by atoms with Gasteiger partial charge in [-0.3, -0.25) is 0 Å². The lowest BCUT2D eigenvalue weighted by atomic mass is 10.0. The van der Waals surface area contributed by atoms with Crippen LogP contribution in [0.3, 0.4) is 0 Å². The second-order valence-electron chi connectivity index (χ2n) is 5.12. The third kappa shape index (κ3) is 3.58. The van der Waals surface area contributed by atoms with E-state index < -0.39 is 6.10 Å². The molecule has 116 valence electrons. The first-order chi connectivity index (χ1) is 10.7. The molecule has 0 unspecified atom stereocenters. The highest BCUT2D eigenvalue weighted by Crippen LogP contribution is 2.27. The highest BCUT2D eigenvalue weighted by atomic mass is 32.1. The Hall–Kier alpha value is -2.05. The fourth-order valence-electron chi connectivity index (χ4n) is 2.36. The monoisotopic (exact) mass is 318 g/mol. The second-order valence-corrected chi connectivity index (χ2v) is 6.16. The van der Waals surface area contributed by atoms with E-state index in [0.717, 1.165) is 28.2 Å². The van der Waals surface area contributed by atoms with Crippen LogP contribution in [0.2, 0.25) is 0 Å². The molecule has 22 heavy (non-hydrogen) atoms. The number of aliphatic hydroxyl groups is 1. The van der Waals surface area contributed by atoms with Gasteiger partial charge in [0.2, 0.25) is 0 Å². The molecule has 1 atom stereocenters. The number of hydrogen-bond acceptors (Lipinski definition) is 4. The van der Waals surface area contributed by atoms with Crippen molar-refractivity contribution in [1.29, 1.82) is 0 Å². The van der Waals surface area contributed by atoms with E-state index in [0.29, 0.717) is 13.2 Å². The van der Waals surface area contributed by atoms with E-state index in [9.17, 15) is 9.90 Å². The number of amides is 2. The van der Waals surface area contributed by atoms with Crippen LogP contribution >= 0.6 is 11.3 Å². The summed E-state index contributed by atoms with van der Waals surface area (Å²) < 4.78 is 5.44. The second kappa shape index (κ2) is 6.81. The molecule has 0 saturated heterocycles. The van der Waals surface area contributed by atoms with Crippen molar-refractivity contribution in [3.05, 3.63) is 51.7 Å². The number of urea groups is 1. The van der Waals surface area contributed by atoms with Gasteiger partial charge < -0.3 is 20.5 Å². The van der Waals surface area contributed by atoms with Gasteiger partial charge in [-0.15, -0.1) is 11.3 Å².